The highest BCUT2D eigenvalue weighted by Gasteiger charge is 2.37. The van der Waals surface area contributed by atoms with Crippen LogP contribution in [-0.4, -0.2) is 29.0 Å². The van der Waals surface area contributed by atoms with Crippen LogP contribution in [0.5, 0.6) is 0 Å². The van der Waals surface area contributed by atoms with Crippen molar-refractivity contribution < 1.29 is 22.9 Å². The summed E-state index contributed by atoms with van der Waals surface area (Å²) in [5.41, 5.74) is -0.148. The first-order valence-electron chi connectivity index (χ1n) is 7.73. The van der Waals surface area contributed by atoms with E-state index in [9.17, 15) is 18.4 Å². The fraction of sp³-hybridized carbons (Fsp3) is 0.235. The summed E-state index contributed by atoms with van der Waals surface area (Å²) in [5.74, 6) is -1.75. The highest BCUT2D eigenvalue weighted by molar-refractivity contribution is 6.06. The van der Waals surface area contributed by atoms with Crippen molar-refractivity contribution in [2.75, 3.05) is 12.4 Å². The predicted molar refractivity (Wildman–Crippen MR) is 88.0 cm³/mol. The van der Waals surface area contributed by atoms with E-state index < -0.39 is 35.2 Å². The molecule has 0 radical (unpaired) electrons. The molecule has 1 aromatic heterocycles. The van der Waals surface area contributed by atoms with Crippen LogP contribution in [0.1, 0.15) is 24.3 Å². The molecular formula is C17H16F2N4O3. The van der Waals surface area contributed by atoms with Crippen molar-refractivity contribution in [3.63, 3.8) is 0 Å². The molecule has 3 amide bonds. The highest BCUT2D eigenvalue weighted by atomic mass is 19.1. The summed E-state index contributed by atoms with van der Waals surface area (Å²) in [6.07, 6.45) is 0. The molecule has 0 saturated heterocycles. The molecule has 0 saturated carbocycles. The second-order valence-electron chi connectivity index (χ2n) is 5.85. The lowest BCUT2D eigenvalue weighted by Crippen LogP contribution is -2.47. The minimum Gasteiger partial charge on any atom is -0.360 e. The number of anilines is 1. The van der Waals surface area contributed by atoms with Crippen LogP contribution in [0.3, 0.4) is 0 Å². The Morgan fingerprint density at radius 3 is 2.54 bits per heavy atom. The van der Waals surface area contributed by atoms with Gasteiger partial charge in [-0.15, -0.1) is 0 Å². The molecule has 0 aliphatic carbocycles. The van der Waals surface area contributed by atoms with Crippen LogP contribution in [0.15, 0.2) is 40.1 Å². The van der Waals surface area contributed by atoms with Gasteiger partial charge < -0.3 is 20.1 Å². The van der Waals surface area contributed by atoms with E-state index in [1.54, 1.807) is 6.92 Å². The number of nitrogens with one attached hydrogen (secondary N) is 2. The second kappa shape index (κ2) is 6.58. The van der Waals surface area contributed by atoms with Gasteiger partial charge in [-0.05, 0) is 26.0 Å². The predicted octanol–water partition coefficient (Wildman–Crippen LogP) is 2.87. The standard InChI is InChI=1S/C17H16F2N4O3/c1-8-7-12(22-26-8)20-16(24)13-9(2)23(3)17(25)21-15(13)14-10(18)5-4-6-11(14)19/h4-7,15H,1-3H3,(H,21,25)(H,20,22,24)/t15-/m0/s1. The number of urea groups is 1. The topological polar surface area (TPSA) is 87.5 Å². The number of halogens is 2. The fourth-order valence-corrected chi connectivity index (χ4v) is 2.74. The van der Waals surface area contributed by atoms with Gasteiger partial charge in [0.2, 0.25) is 0 Å². The maximum absolute atomic E-state index is 14.3. The molecule has 1 aliphatic rings. The van der Waals surface area contributed by atoms with Gasteiger partial charge in [0.05, 0.1) is 17.2 Å². The third kappa shape index (κ3) is 3.03. The van der Waals surface area contributed by atoms with Gasteiger partial charge in [0.1, 0.15) is 17.4 Å². The summed E-state index contributed by atoms with van der Waals surface area (Å²) in [6.45, 7) is 3.17. The van der Waals surface area contributed by atoms with Crippen molar-refractivity contribution in [3.05, 3.63) is 58.5 Å². The SMILES string of the molecule is CC1=C(C(=O)Nc2cc(C)on2)[C@@H](c2c(F)cccc2F)NC(=O)N1C. The zero-order valence-corrected chi connectivity index (χ0v) is 14.3. The van der Waals surface area contributed by atoms with Crippen LogP contribution < -0.4 is 10.6 Å². The normalized spacial score (nSPS) is 17.3. The van der Waals surface area contributed by atoms with Gasteiger partial charge >= 0.3 is 6.03 Å². The molecule has 0 fully saturated rings. The number of carbonyl (C=O) groups excluding carboxylic acids is 2. The van der Waals surface area contributed by atoms with Crippen LogP contribution in [0.2, 0.25) is 0 Å². The quantitative estimate of drug-likeness (QED) is 0.879. The monoisotopic (exact) mass is 362 g/mol. The lowest BCUT2D eigenvalue weighted by atomic mass is 9.93. The lowest BCUT2D eigenvalue weighted by Gasteiger charge is -2.33. The summed E-state index contributed by atoms with van der Waals surface area (Å²) in [6, 6.07) is 2.97. The number of nitrogens with zero attached hydrogens (tertiary/aromatic N) is 2. The molecule has 9 heteroatoms. The Labute approximate surface area is 147 Å². The maximum Gasteiger partial charge on any atom is 0.322 e. The Morgan fingerprint density at radius 1 is 1.31 bits per heavy atom. The Kier molecular flexibility index (Phi) is 4.45. The number of hydrogen-bond acceptors (Lipinski definition) is 4. The van der Waals surface area contributed by atoms with E-state index in [-0.39, 0.29) is 17.1 Å². The molecule has 1 aliphatic heterocycles. The molecule has 0 bridgehead atoms. The summed E-state index contributed by atoms with van der Waals surface area (Å²) in [7, 11) is 1.45. The van der Waals surface area contributed by atoms with Gasteiger partial charge in [-0.3, -0.25) is 4.79 Å². The van der Waals surface area contributed by atoms with E-state index in [2.05, 4.69) is 15.8 Å². The highest BCUT2D eigenvalue weighted by Crippen LogP contribution is 2.33. The van der Waals surface area contributed by atoms with E-state index in [0.29, 0.717) is 5.76 Å². The minimum absolute atomic E-state index is 0.00301. The number of aromatic nitrogens is 1. The Morgan fingerprint density at radius 2 is 1.96 bits per heavy atom. The lowest BCUT2D eigenvalue weighted by molar-refractivity contribution is -0.113. The van der Waals surface area contributed by atoms with Crippen molar-refractivity contribution in [3.8, 4) is 0 Å². The fourth-order valence-electron chi connectivity index (χ4n) is 2.74. The summed E-state index contributed by atoms with van der Waals surface area (Å²) in [5, 5.41) is 8.64. The van der Waals surface area contributed by atoms with Crippen molar-refractivity contribution in [2.24, 2.45) is 0 Å². The second-order valence-corrected chi connectivity index (χ2v) is 5.85. The number of hydrogen-bond donors (Lipinski definition) is 2. The molecule has 0 spiro atoms. The first-order valence-corrected chi connectivity index (χ1v) is 7.73. The average molecular weight is 362 g/mol. The van der Waals surface area contributed by atoms with Crippen molar-refractivity contribution in [2.45, 2.75) is 19.9 Å². The smallest absolute Gasteiger partial charge is 0.322 e. The number of aryl methyl sites for hydroxylation is 1. The van der Waals surface area contributed by atoms with Crippen LogP contribution in [0.25, 0.3) is 0 Å². The van der Waals surface area contributed by atoms with E-state index in [1.807, 2.05) is 0 Å². The Bertz CT molecular complexity index is 902. The van der Waals surface area contributed by atoms with Gasteiger partial charge in [-0.1, -0.05) is 11.2 Å². The van der Waals surface area contributed by atoms with Gasteiger partial charge in [0, 0.05) is 18.8 Å². The van der Waals surface area contributed by atoms with Crippen LogP contribution in [0, 0.1) is 18.6 Å². The number of allylic oxidation sites excluding steroid dienone is 1. The first-order chi connectivity index (χ1) is 12.3. The molecule has 0 unspecified atom stereocenters. The van der Waals surface area contributed by atoms with Crippen molar-refractivity contribution >= 4 is 17.8 Å². The molecule has 7 nitrogen and oxygen atoms in total. The molecule has 3 rings (SSSR count). The van der Waals surface area contributed by atoms with Gasteiger partial charge in [0.15, 0.2) is 5.82 Å². The van der Waals surface area contributed by atoms with E-state index >= 15 is 0 Å². The number of benzene rings is 1. The molecule has 2 aromatic rings. The molecule has 2 N–H and O–H groups in total. The number of amides is 3. The maximum atomic E-state index is 14.3. The van der Waals surface area contributed by atoms with E-state index in [1.165, 1.54) is 31.0 Å². The van der Waals surface area contributed by atoms with Crippen LogP contribution in [0.4, 0.5) is 19.4 Å². The zero-order valence-electron chi connectivity index (χ0n) is 14.3. The largest absolute Gasteiger partial charge is 0.360 e. The van der Waals surface area contributed by atoms with Crippen LogP contribution >= 0.6 is 0 Å². The average Bonchev–Trinajstić information content (AvgIpc) is 2.97. The van der Waals surface area contributed by atoms with Crippen LogP contribution in [-0.2, 0) is 4.79 Å². The molecule has 1 aromatic carbocycles. The molecule has 2 heterocycles. The van der Waals surface area contributed by atoms with Gasteiger partial charge in [-0.25, -0.2) is 13.6 Å². The molecule has 136 valence electrons. The molecule has 1 atom stereocenters. The van der Waals surface area contributed by atoms with Gasteiger partial charge in [-0.2, -0.15) is 0 Å². The third-order valence-corrected chi connectivity index (χ3v) is 4.16. The third-order valence-electron chi connectivity index (χ3n) is 4.16. The minimum atomic E-state index is -1.28. The summed E-state index contributed by atoms with van der Waals surface area (Å²) >= 11 is 0. The first kappa shape index (κ1) is 17.6. The number of carbonyl (C=O) groups is 2. The van der Waals surface area contributed by atoms with Crippen molar-refractivity contribution in [1.82, 2.24) is 15.4 Å². The summed E-state index contributed by atoms with van der Waals surface area (Å²) in [4.78, 5) is 26.1. The molecular weight excluding hydrogens is 346 g/mol. The molecule has 26 heavy (non-hydrogen) atoms. The van der Waals surface area contributed by atoms with Gasteiger partial charge in [0.25, 0.3) is 5.91 Å². The Hall–Kier alpha value is -3.23. The Balaban J connectivity index is 2.07. The summed E-state index contributed by atoms with van der Waals surface area (Å²) < 4.78 is 33.4. The van der Waals surface area contributed by atoms with Crippen molar-refractivity contribution in [1.29, 1.82) is 0 Å². The van der Waals surface area contributed by atoms with E-state index in [0.717, 1.165) is 12.1 Å². The number of rotatable bonds is 3. The zero-order chi connectivity index (χ0) is 19.0. The van der Waals surface area contributed by atoms with E-state index in [4.69, 9.17) is 4.52 Å².